The molecule has 1 aromatic rings. The maximum Gasteiger partial charge on any atom is 0.0897 e. The van der Waals surface area contributed by atoms with Crippen LogP contribution in [0.1, 0.15) is 31.9 Å². The second kappa shape index (κ2) is 8.48. The molecule has 2 N–H and O–H groups in total. The van der Waals surface area contributed by atoms with Crippen LogP contribution in [0.2, 0.25) is 5.02 Å². The van der Waals surface area contributed by atoms with Crippen LogP contribution in [-0.2, 0) is 4.74 Å². The fraction of sp³-hybridized carbons (Fsp3) is 0.571. The van der Waals surface area contributed by atoms with Gasteiger partial charge >= 0.3 is 0 Å². The maximum atomic E-state index is 9.71. The number of aliphatic hydroxyl groups is 1. The average Bonchev–Trinajstić information content (AvgIpc) is 2.37. The predicted molar refractivity (Wildman–Crippen MR) is 75.0 cm³/mol. The standard InChI is InChI=1S/C14H22ClNO2/c1-3-14(11-6-5-7-12(15)8-11)16-9-13(17)10-18-4-2/h5-8,13-14,16-17H,3-4,9-10H2,1-2H3. The normalized spacial score (nSPS) is 14.4. The van der Waals surface area contributed by atoms with Gasteiger partial charge < -0.3 is 15.2 Å². The maximum absolute atomic E-state index is 9.71. The zero-order valence-electron chi connectivity index (χ0n) is 11.0. The lowest BCUT2D eigenvalue weighted by molar-refractivity contribution is 0.0413. The first-order chi connectivity index (χ1) is 8.67. The van der Waals surface area contributed by atoms with Crippen molar-refractivity contribution in [1.29, 1.82) is 0 Å². The SMILES string of the molecule is CCOCC(O)CNC(CC)c1cccc(Cl)c1. The summed E-state index contributed by atoms with van der Waals surface area (Å²) in [6.45, 7) is 5.54. The summed E-state index contributed by atoms with van der Waals surface area (Å²) in [5.41, 5.74) is 1.15. The van der Waals surface area contributed by atoms with Crippen molar-refractivity contribution in [1.82, 2.24) is 5.32 Å². The Morgan fingerprint density at radius 2 is 2.17 bits per heavy atom. The van der Waals surface area contributed by atoms with Crippen molar-refractivity contribution in [3.05, 3.63) is 34.9 Å². The highest BCUT2D eigenvalue weighted by atomic mass is 35.5. The number of nitrogens with one attached hydrogen (secondary N) is 1. The Balaban J connectivity index is 2.47. The molecule has 0 bridgehead atoms. The molecule has 4 heteroatoms. The average molecular weight is 272 g/mol. The zero-order valence-corrected chi connectivity index (χ0v) is 11.8. The summed E-state index contributed by atoms with van der Waals surface area (Å²) in [6, 6.07) is 8.01. The minimum absolute atomic E-state index is 0.208. The van der Waals surface area contributed by atoms with Crippen molar-refractivity contribution in [2.24, 2.45) is 0 Å². The molecule has 0 aliphatic carbocycles. The summed E-state index contributed by atoms with van der Waals surface area (Å²) in [4.78, 5) is 0. The number of ether oxygens (including phenoxy) is 1. The summed E-state index contributed by atoms with van der Waals surface area (Å²) in [6.07, 6.45) is 0.472. The minimum atomic E-state index is -0.474. The van der Waals surface area contributed by atoms with Crippen molar-refractivity contribution < 1.29 is 9.84 Å². The molecular weight excluding hydrogens is 250 g/mol. The van der Waals surface area contributed by atoms with E-state index >= 15 is 0 Å². The van der Waals surface area contributed by atoms with Crippen molar-refractivity contribution >= 4 is 11.6 Å². The van der Waals surface area contributed by atoms with Gasteiger partial charge in [0.15, 0.2) is 0 Å². The van der Waals surface area contributed by atoms with E-state index in [1.807, 2.05) is 31.2 Å². The minimum Gasteiger partial charge on any atom is -0.389 e. The lowest BCUT2D eigenvalue weighted by atomic mass is 10.0. The van der Waals surface area contributed by atoms with Crippen molar-refractivity contribution in [2.45, 2.75) is 32.4 Å². The molecule has 0 aliphatic heterocycles. The largest absolute Gasteiger partial charge is 0.389 e. The molecule has 3 nitrogen and oxygen atoms in total. The molecule has 0 aliphatic rings. The molecule has 102 valence electrons. The van der Waals surface area contributed by atoms with Gasteiger partial charge in [-0.2, -0.15) is 0 Å². The van der Waals surface area contributed by atoms with E-state index in [0.29, 0.717) is 19.8 Å². The van der Waals surface area contributed by atoms with E-state index in [1.54, 1.807) is 0 Å². The third-order valence-electron chi connectivity index (χ3n) is 2.77. The van der Waals surface area contributed by atoms with E-state index in [2.05, 4.69) is 12.2 Å². The summed E-state index contributed by atoms with van der Waals surface area (Å²) >= 11 is 5.98. The van der Waals surface area contributed by atoms with E-state index in [4.69, 9.17) is 16.3 Å². The molecule has 18 heavy (non-hydrogen) atoms. The number of hydrogen-bond donors (Lipinski definition) is 2. The first-order valence-electron chi connectivity index (χ1n) is 6.42. The first-order valence-corrected chi connectivity index (χ1v) is 6.79. The second-order valence-electron chi connectivity index (χ2n) is 4.24. The van der Waals surface area contributed by atoms with Crippen molar-refractivity contribution in [3.8, 4) is 0 Å². The van der Waals surface area contributed by atoms with E-state index in [-0.39, 0.29) is 6.04 Å². The Morgan fingerprint density at radius 3 is 2.78 bits per heavy atom. The zero-order chi connectivity index (χ0) is 13.4. The smallest absolute Gasteiger partial charge is 0.0897 e. The van der Waals surface area contributed by atoms with Crippen LogP contribution in [-0.4, -0.2) is 31.0 Å². The third kappa shape index (κ3) is 5.36. The third-order valence-corrected chi connectivity index (χ3v) is 3.01. The van der Waals surface area contributed by atoms with Crippen molar-refractivity contribution in [2.75, 3.05) is 19.8 Å². The topological polar surface area (TPSA) is 41.5 Å². The fourth-order valence-electron chi connectivity index (χ4n) is 1.81. The van der Waals surface area contributed by atoms with Crippen LogP contribution >= 0.6 is 11.6 Å². The Bertz CT molecular complexity index is 346. The van der Waals surface area contributed by atoms with Gasteiger partial charge in [0.1, 0.15) is 0 Å². The fourth-order valence-corrected chi connectivity index (χ4v) is 2.01. The van der Waals surface area contributed by atoms with Gasteiger partial charge in [-0.1, -0.05) is 30.7 Å². The summed E-state index contributed by atoms with van der Waals surface area (Å²) in [7, 11) is 0. The molecule has 2 atom stereocenters. The number of benzene rings is 1. The lowest BCUT2D eigenvalue weighted by Gasteiger charge is -2.20. The highest BCUT2D eigenvalue weighted by Crippen LogP contribution is 2.20. The Hall–Kier alpha value is -0.610. The van der Waals surface area contributed by atoms with Gasteiger partial charge in [-0.3, -0.25) is 0 Å². The molecular formula is C14H22ClNO2. The molecule has 0 saturated carbocycles. The molecule has 0 radical (unpaired) electrons. The Morgan fingerprint density at radius 1 is 1.39 bits per heavy atom. The molecule has 1 aromatic carbocycles. The second-order valence-corrected chi connectivity index (χ2v) is 4.67. The molecule has 0 amide bonds. The van der Waals surface area contributed by atoms with Crippen LogP contribution in [0.5, 0.6) is 0 Å². The molecule has 0 spiro atoms. The molecule has 0 aromatic heterocycles. The summed E-state index contributed by atoms with van der Waals surface area (Å²) in [5.74, 6) is 0. The highest BCUT2D eigenvalue weighted by molar-refractivity contribution is 6.30. The number of aliphatic hydroxyl groups excluding tert-OH is 1. The van der Waals surface area contributed by atoms with Crippen LogP contribution < -0.4 is 5.32 Å². The van der Waals surface area contributed by atoms with Crippen LogP contribution in [0.15, 0.2) is 24.3 Å². The highest BCUT2D eigenvalue weighted by Gasteiger charge is 2.11. The Kier molecular flexibility index (Phi) is 7.28. The van der Waals surface area contributed by atoms with Gasteiger partial charge in [-0.25, -0.2) is 0 Å². The quantitative estimate of drug-likeness (QED) is 0.764. The summed E-state index contributed by atoms with van der Waals surface area (Å²) < 4.78 is 5.17. The van der Waals surface area contributed by atoms with Gasteiger partial charge in [0.25, 0.3) is 0 Å². The predicted octanol–water partition coefficient (Wildman–Crippen LogP) is 2.78. The Labute approximate surface area is 114 Å². The van der Waals surface area contributed by atoms with E-state index in [1.165, 1.54) is 0 Å². The van der Waals surface area contributed by atoms with Gasteiger partial charge in [-0.05, 0) is 31.0 Å². The van der Waals surface area contributed by atoms with Gasteiger partial charge in [0.05, 0.1) is 12.7 Å². The van der Waals surface area contributed by atoms with Crippen LogP contribution in [0, 0.1) is 0 Å². The molecule has 0 fully saturated rings. The van der Waals surface area contributed by atoms with Crippen molar-refractivity contribution in [3.63, 3.8) is 0 Å². The lowest BCUT2D eigenvalue weighted by Crippen LogP contribution is -2.33. The van der Waals surface area contributed by atoms with Gasteiger partial charge in [0.2, 0.25) is 0 Å². The van der Waals surface area contributed by atoms with E-state index in [0.717, 1.165) is 17.0 Å². The van der Waals surface area contributed by atoms with E-state index < -0.39 is 6.10 Å². The molecule has 0 saturated heterocycles. The molecule has 0 heterocycles. The van der Waals surface area contributed by atoms with E-state index in [9.17, 15) is 5.11 Å². The monoisotopic (exact) mass is 271 g/mol. The van der Waals surface area contributed by atoms with Gasteiger partial charge in [0, 0.05) is 24.2 Å². The number of halogens is 1. The number of rotatable bonds is 8. The van der Waals surface area contributed by atoms with Crippen LogP contribution in [0.25, 0.3) is 0 Å². The van der Waals surface area contributed by atoms with Crippen LogP contribution in [0.4, 0.5) is 0 Å². The number of hydrogen-bond acceptors (Lipinski definition) is 3. The van der Waals surface area contributed by atoms with Gasteiger partial charge in [-0.15, -0.1) is 0 Å². The molecule has 2 unspecified atom stereocenters. The summed E-state index contributed by atoms with van der Waals surface area (Å²) in [5, 5.41) is 13.8. The molecule has 1 rings (SSSR count). The first kappa shape index (κ1) is 15.4. The van der Waals surface area contributed by atoms with Crippen LogP contribution in [0.3, 0.4) is 0 Å².